The Hall–Kier alpha value is -2.02. The van der Waals surface area contributed by atoms with E-state index in [2.05, 4.69) is 10.1 Å². The lowest BCUT2D eigenvalue weighted by atomic mass is 10.2. The van der Waals surface area contributed by atoms with Crippen molar-refractivity contribution in [1.82, 2.24) is 5.32 Å². The number of nitrogens with one attached hydrogen (secondary N) is 1. The Morgan fingerprint density at radius 3 is 2.48 bits per heavy atom. The van der Waals surface area contributed by atoms with Crippen LogP contribution < -0.4 is 5.32 Å². The van der Waals surface area contributed by atoms with Crippen molar-refractivity contribution < 1.29 is 23.9 Å². The third kappa shape index (κ3) is 6.80. The van der Waals surface area contributed by atoms with Crippen LogP contribution in [-0.2, 0) is 30.4 Å². The van der Waals surface area contributed by atoms with Gasteiger partial charge in [-0.05, 0) is 5.56 Å². The van der Waals surface area contributed by atoms with Gasteiger partial charge < -0.3 is 14.8 Å². The Kier molecular flexibility index (Phi) is 7.31. The van der Waals surface area contributed by atoms with Gasteiger partial charge in [0.2, 0.25) is 11.3 Å². The van der Waals surface area contributed by atoms with Gasteiger partial charge in [-0.1, -0.05) is 42.1 Å². The lowest BCUT2D eigenvalue weighted by molar-refractivity contribution is -0.158. The Morgan fingerprint density at radius 1 is 1.24 bits per heavy atom. The molecule has 0 bridgehead atoms. The first-order valence-corrected chi connectivity index (χ1v) is 7.25. The molecule has 1 aromatic carbocycles. The molecule has 21 heavy (non-hydrogen) atoms. The van der Waals surface area contributed by atoms with Crippen molar-refractivity contribution >= 4 is 29.6 Å². The summed E-state index contributed by atoms with van der Waals surface area (Å²) in [5.74, 6) is -1.58. The fourth-order valence-electron chi connectivity index (χ4n) is 1.40. The molecule has 1 atom stereocenters. The molecule has 114 valence electrons. The van der Waals surface area contributed by atoms with Crippen molar-refractivity contribution in [1.29, 1.82) is 0 Å². The summed E-state index contributed by atoms with van der Waals surface area (Å²) < 4.78 is 9.29. The largest absolute Gasteiger partial charge is 0.466 e. The first-order valence-electron chi connectivity index (χ1n) is 6.20. The van der Waals surface area contributed by atoms with Gasteiger partial charge in [0, 0.05) is 13.5 Å². The van der Waals surface area contributed by atoms with Gasteiger partial charge in [-0.2, -0.15) is 0 Å². The van der Waals surface area contributed by atoms with Gasteiger partial charge in [0.05, 0.1) is 12.9 Å². The normalized spacial score (nSPS) is 11.3. The summed E-state index contributed by atoms with van der Waals surface area (Å²) in [5, 5.41) is 2.71. The lowest BCUT2D eigenvalue weighted by Crippen LogP contribution is -2.29. The van der Waals surface area contributed by atoms with Crippen molar-refractivity contribution in [3.8, 4) is 0 Å². The van der Waals surface area contributed by atoms with E-state index in [1.54, 1.807) is 0 Å². The first kappa shape index (κ1) is 17.0. The highest BCUT2D eigenvalue weighted by Crippen LogP contribution is 2.14. The summed E-state index contributed by atoms with van der Waals surface area (Å²) in [6, 6.07) is 9.43. The average Bonchev–Trinajstić information content (AvgIpc) is 2.49. The number of amides is 1. The van der Waals surface area contributed by atoms with Crippen LogP contribution in [-0.4, -0.2) is 36.1 Å². The van der Waals surface area contributed by atoms with Gasteiger partial charge in [0.1, 0.15) is 0 Å². The summed E-state index contributed by atoms with van der Waals surface area (Å²) in [5.41, 5.74) is -0.157. The molecule has 1 amide bonds. The highest BCUT2D eigenvalue weighted by Gasteiger charge is 2.23. The third-order valence-electron chi connectivity index (χ3n) is 2.36. The maximum Gasteiger partial charge on any atom is 0.358 e. The standard InChI is InChI=1S/C14H17NO5S/c1-10(16)20-14(13(18)19-2)21-9-12(17)15-8-11-6-4-3-5-7-11/h3-7,14H,8-9H2,1-2H3,(H,15,17)/t14-/m0/s1. The number of benzene rings is 1. The molecule has 0 saturated heterocycles. The number of rotatable bonds is 7. The molecule has 0 saturated carbocycles. The number of carbonyl (C=O) groups is 3. The number of methoxy groups -OCH3 is 1. The van der Waals surface area contributed by atoms with Gasteiger partial charge >= 0.3 is 11.9 Å². The molecule has 1 aromatic rings. The molecule has 6 nitrogen and oxygen atoms in total. The number of hydrogen-bond donors (Lipinski definition) is 1. The zero-order valence-electron chi connectivity index (χ0n) is 11.8. The van der Waals surface area contributed by atoms with Crippen LogP contribution in [0, 0.1) is 0 Å². The van der Waals surface area contributed by atoms with Crippen molar-refractivity contribution in [2.24, 2.45) is 0 Å². The fourth-order valence-corrected chi connectivity index (χ4v) is 2.24. The van der Waals surface area contributed by atoms with E-state index in [0.717, 1.165) is 17.3 Å². The van der Waals surface area contributed by atoms with Crippen molar-refractivity contribution in [3.05, 3.63) is 35.9 Å². The quantitative estimate of drug-likeness (QED) is 0.600. The summed E-state index contributed by atoms with van der Waals surface area (Å²) in [6.07, 6.45) is 0. The highest BCUT2D eigenvalue weighted by molar-refractivity contribution is 8.01. The third-order valence-corrected chi connectivity index (χ3v) is 3.39. The fraction of sp³-hybridized carbons (Fsp3) is 0.357. The number of hydrogen-bond acceptors (Lipinski definition) is 6. The SMILES string of the molecule is COC(=O)[C@@H](OC(C)=O)SCC(=O)NCc1ccccc1. The topological polar surface area (TPSA) is 81.7 Å². The maximum absolute atomic E-state index is 11.7. The Bertz CT molecular complexity index is 491. The van der Waals surface area contributed by atoms with Crippen molar-refractivity contribution in [3.63, 3.8) is 0 Å². The number of carbonyl (C=O) groups excluding carboxylic acids is 3. The predicted molar refractivity (Wildman–Crippen MR) is 78.3 cm³/mol. The molecule has 0 unspecified atom stereocenters. The second kappa shape index (κ2) is 9.02. The van der Waals surface area contributed by atoms with Gasteiger partial charge in [0.25, 0.3) is 0 Å². The van der Waals surface area contributed by atoms with E-state index >= 15 is 0 Å². The average molecular weight is 311 g/mol. The highest BCUT2D eigenvalue weighted by atomic mass is 32.2. The minimum Gasteiger partial charge on any atom is -0.466 e. The van der Waals surface area contributed by atoms with E-state index in [-0.39, 0.29) is 11.7 Å². The molecule has 1 rings (SSSR count). The molecule has 0 radical (unpaired) electrons. The van der Waals surface area contributed by atoms with Crippen LogP contribution in [0.15, 0.2) is 30.3 Å². The van der Waals surface area contributed by atoms with Gasteiger partial charge in [0.15, 0.2) is 0 Å². The number of esters is 2. The summed E-state index contributed by atoms with van der Waals surface area (Å²) >= 11 is 0.896. The summed E-state index contributed by atoms with van der Waals surface area (Å²) in [6.45, 7) is 1.59. The van der Waals surface area contributed by atoms with E-state index in [4.69, 9.17) is 4.74 Å². The molecule has 0 aliphatic rings. The molecular formula is C14H17NO5S. The second-order valence-electron chi connectivity index (χ2n) is 4.04. The molecule has 0 fully saturated rings. The number of ether oxygens (including phenoxy) is 2. The maximum atomic E-state index is 11.7. The van der Waals surface area contributed by atoms with E-state index in [9.17, 15) is 14.4 Å². The van der Waals surface area contributed by atoms with Crippen molar-refractivity contribution in [2.45, 2.75) is 18.9 Å². The molecule has 0 aromatic heterocycles. The van der Waals surface area contributed by atoms with Crippen molar-refractivity contribution in [2.75, 3.05) is 12.9 Å². The van der Waals surface area contributed by atoms with Gasteiger partial charge in [-0.25, -0.2) is 4.79 Å². The molecule has 0 heterocycles. The molecule has 7 heteroatoms. The van der Waals surface area contributed by atoms with Crippen LogP contribution in [0.4, 0.5) is 0 Å². The van der Waals surface area contributed by atoms with Gasteiger partial charge in [-0.15, -0.1) is 0 Å². The van der Waals surface area contributed by atoms with E-state index in [1.165, 1.54) is 14.0 Å². The van der Waals surface area contributed by atoms with Crippen LogP contribution in [0.5, 0.6) is 0 Å². The summed E-state index contributed by atoms with van der Waals surface area (Å²) in [7, 11) is 1.19. The summed E-state index contributed by atoms with van der Waals surface area (Å²) in [4.78, 5) is 34.0. The Morgan fingerprint density at radius 2 is 1.90 bits per heavy atom. The minimum absolute atomic E-state index is 0.0140. The van der Waals surface area contributed by atoms with Crippen LogP contribution in [0.25, 0.3) is 0 Å². The van der Waals surface area contributed by atoms with E-state index in [1.807, 2.05) is 30.3 Å². The van der Waals surface area contributed by atoms with Gasteiger partial charge in [-0.3, -0.25) is 9.59 Å². The minimum atomic E-state index is -1.13. The Balaban J connectivity index is 2.39. The van der Waals surface area contributed by atoms with Crippen LogP contribution in [0.2, 0.25) is 0 Å². The lowest BCUT2D eigenvalue weighted by Gasteiger charge is -2.13. The van der Waals surface area contributed by atoms with Crippen LogP contribution in [0.3, 0.4) is 0 Å². The van der Waals surface area contributed by atoms with E-state index in [0.29, 0.717) is 6.54 Å². The second-order valence-corrected chi connectivity index (χ2v) is 5.09. The zero-order chi connectivity index (χ0) is 15.7. The Labute approximate surface area is 127 Å². The molecule has 0 spiro atoms. The zero-order valence-corrected chi connectivity index (χ0v) is 12.6. The molecular weight excluding hydrogens is 294 g/mol. The van der Waals surface area contributed by atoms with Crippen LogP contribution >= 0.6 is 11.8 Å². The molecule has 0 aliphatic carbocycles. The van der Waals surface area contributed by atoms with Crippen LogP contribution in [0.1, 0.15) is 12.5 Å². The monoisotopic (exact) mass is 311 g/mol. The van der Waals surface area contributed by atoms with E-state index < -0.39 is 17.4 Å². The predicted octanol–water partition coefficient (Wildman–Crippen LogP) is 1.10. The number of thioether (sulfide) groups is 1. The smallest absolute Gasteiger partial charge is 0.358 e. The first-order chi connectivity index (χ1) is 10.0. The molecule has 1 N–H and O–H groups in total. The molecule has 0 aliphatic heterocycles.